The Morgan fingerprint density at radius 2 is 1.96 bits per heavy atom. The molecule has 1 aliphatic rings. The van der Waals surface area contributed by atoms with Crippen LogP contribution in [-0.4, -0.2) is 39.9 Å². The highest BCUT2D eigenvalue weighted by molar-refractivity contribution is 8.00. The van der Waals surface area contributed by atoms with Gasteiger partial charge in [0.1, 0.15) is 6.04 Å². The highest BCUT2D eigenvalue weighted by Crippen LogP contribution is 2.41. The number of nitrogens with one attached hydrogen (secondary N) is 1. The molecule has 0 aromatic heterocycles. The second kappa shape index (κ2) is 7.81. The van der Waals surface area contributed by atoms with Crippen LogP contribution in [0.15, 0.2) is 24.3 Å². The second-order valence-corrected chi connectivity index (χ2v) is 9.03. The maximum Gasteiger partial charge on any atom is 0.255 e. The Labute approximate surface area is 155 Å². The molecule has 0 unspecified atom stereocenters. The number of hydrogen-bond acceptors (Lipinski definition) is 3. The molecular weight excluding hydrogens is 332 g/mol. The van der Waals surface area contributed by atoms with E-state index < -0.39 is 6.04 Å². The molecule has 1 aliphatic heterocycles. The van der Waals surface area contributed by atoms with Gasteiger partial charge in [-0.3, -0.25) is 9.59 Å². The first kappa shape index (κ1) is 19.8. The van der Waals surface area contributed by atoms with E-state index in [-0.39, 0.29) is 28.6 Å². The average Bonchev–Trinajstić information content (AvgIpc) is 2.99. The van der Waals surface area contributed by atoms with Crippen LogP contribution < -0.4 is 5.32 Å². The largest absolute Gasteiger partial charge is 0.352 e. The van der Waals surface area contributed by atoms with Gasteiger partial charge >= 0.3 is 0 Å². The smallest absolute Gasteiger partial charge is 0.255 e. The first-order chi connectivity index (χ1) is 11.7. The van der Waals surface area contributed by atoms with Crippen LogP contribution in [0.25, 0.3) is 0 Å². The summed E-state index contributed by atoms with van der Waals surface area (Å²) in [6.07, 6.45) is 0.875. The number of amides is 2. The second-order valence-electron chi connectivity index (χ2n) is 7.91. The highest BCUT2D eigenvalue weighted by Gasteiger charge is 2.46. The molecule has 1 saturated heterocycles. The van der Waals surface area contributed by atoms with Crippen LogP contribution >= 0.6 is 11.8 Å². The fraction of sp³-hybridized carbons (Fsp3) is 0.600. The van der Waals surface area contributed by atoms with Gasteiger partial charge in [0.25, 0.3) is 5.91 Å². The molecule has 1 N–H and O–H groups in total. The molecule has 1 fully saturated rings. The van der Waals surface area contributed by atoms with Crippen molar-refractivity contribution in [2.75, 3.05) is 5.75 Å². The van der Waals surface area contributed by atoms with E-state index in [1.54, 1.807) is 11.8 Å². The van der Waals surface area contributed by atoms with E-state index in [2.05, 4.69) is 26.1 Å². The lowest BCUT2D eigenvalue weighted by molar-refractivity contribution is -0.125. The summed E-state index contributed by atoms with van der Waals surface area (Å²) in [4.78, 5) is 27.9. The zero-order valence-corrected chi connectivity index (χ0v) is 16.9. The third-order valence-corrected chi connectivity index (χ3v) is 6.41. The lowest BCUT2D eigenvalue weighted by Gasteiger charge is -2.37. The molecule has 1 aromatic carbocycles. The van der Waals surface area contributed by atoms with Gasteiger partial charge in [-0.1, -0.05) is 45.9 Å². The van der Waals surface area contributed by atoms with Crippen LogP contribution in [0.1, 0.15) is 57.0 Å². The summed E-state index contributed by atoms with van der Waals surface area (Å²) in [5.74, 6) is 0.546. The highest BCUT2D eigenvalue weighted by atomic mass is 32.2. The molecule has 3 atom stereocenters. The Morgan fingerprint density at radius 3 is 2.52 bits per heavy atom. The number of aryl methyl sites for hydroxylation is 1. The molecule has 138 valence electrons. The number of carbonyl (C=O) groups excluding carboxylic acids is 2. The third-order valence-electron chi connectivity index (χ3n) is 4.65. The van der Waals surface area contributed by atoms with Crippen molar-refractivity contribution in [3.8, 4) is 0 Å². The van der Waals surface area contributed by atoms with Crippen LogP contribution in [0, 0.1) is 12.3 Å². The van der Waals surface area contributed by atoms with E-state index in [0.717, 1.165) is 12.0 Å². The molecule has 1 heterocycles. The molecule has 0 radical (unpaired) electrons. The van der Waals surface area contributed by atoms with Crippen molar-refractivity contribution in [3.05, 3.63) is 35.4 Å². The van der Waals surface area contributed by atoms with Crippen LogP contribution in [-0.2, 0) is 4.79 Å². The maximum absolute atomic E-state index is 13.3. The maximum atomic E-state index is 13.3. The minimum Gasteiger partial charge on any atom is -0.352 e. The third kappa shape index (κ3) is 4.38. The summed E-state index contributed by atoms with van der Waals surface area (Å²) >= 11 is 1.70. The van der Waals surface area contributed by atoms with Crippen LogP contribution in [0.2, 0.25) is 0 Å². The molecule has 0 aliphatic carbocycles. The number of nitrogens with zero attached hydrogens (tertiary/aromatic N) is 1. The minimum atomic E-state index is -0.421. The van der Waals surface area contributed by atoms with Crippen molar-refractivity contribution >= 4 is 23.6 Å². The molecule has 0 bridgehead atoms. The van der Waals surface area contributed by atoms with Crippen LogP contribution in [0.4, 0.5) is 0 Å². The van der Waals surface area contributed by atoms with E-state index >= 15 is 0 Å². The van der Waals surface area contributed by atoms with Gasteiger partial charge < -0.3 is 10.2 Å². The Kier molecular flexibility index (Phi) is 6.20. The van der Waals surface area contributed by atoms with Crippen molar-refractivity contribution in [1.29, 1.82) is 0 Å². The number of benzene rings is 1. The fourth-order valence-corrected chi connectivity index (χ4v) is 4.60. The van der Waals surface area contributed by atoms with Gasteiger partial charge in [0.15, 0.2) is 0 Å². The van der Waals surface area contributed by atoms with Gasteiger partial charge in [0.05, 0.1) is 5.37 Å². The summed E-state index contributed by atoms with van der Waals surface area (Å²) in [6.45, 7) is 12.3. The predicted octanol–water partition coefficient (Wildman–Crippen LogP) is 3.84. The van der Waals surface area contributed by atoms with E-state index in [1.807, 2.05) is 49.9 Å². The summed E-state index contributed by atoms with van der Waals surface area (Å²) < 4.78 is 0. The van der Waals surface area contributed by atoms with Crippen molar-refractivity contribution < 1.29 is 9.59 Å². The molecule has 5 heteroatoms. The van der Waals surface area contributed by atoms with Gasteiger partial charge in [-0.05, 0) is 37.3 Å². The molecule has 25 heavy (non-hydrogen) atoms. The van der Waals surface area contributed by atoms with Crippen molar-refractivity contribution in [3.63, 3.8) is 0 Å². The Hall–Kier alpha value is -1.49. The summed E-state index contributed by atoms with van der Waals surface area (Å²) in [5.41, 5.74) is 1.52. The van der Waals surface area contributed by atoms with E-state index in [1.165, 1.54) is 0 Å². The number of rotatable bonds is 4. The van der Waals surface area contributed by atoms with Crippen molar-refractivity contribution in [1.82, 2.24) is 10.2 Å². The zero-order chi connectivity index (χ0) is 18.8. The topological polar surface area (TPSA) is 49.4 Å². The quantitative estimate of drug-likeness (QED) is 0.885. The average molecular weight is 363 g/mol. The van der Waals surface area contributed by atoms with Gasteiger partial charge in [-0.25, -0.2) is 0 Å². The molecule has 2 rings (SSSR count). The number of carbonyl (C=O) groups is 2. The first-order valence-corrected chi connectivity index (χ1v) is 10.0. The summed E-state index contributed by atoms with van der Waals surface area (Å²) in [6, 6.07) is 7.29. The lowest BCUT2D eigenvalue weighted by atomic mass is 9.94. The van der Waals surface area contributed by atoms with Gasteiger partial charge in [0.2, 0.25) is 5.91 Å². The first-order valence-electron chi connectivity index (χ1n) is 8.97. The standard InChI is InChI=1S/C20H30N2O2S/c1-7-14(3)21-17(23)16-12-25-19(20(4,5)6)22(16)18(24)15-11-9-8-10-13(15)2/h8-11,14,16,19H,7,12H2,1-6H3,(H,21,23)/t14-,16-,19-/m1/s1. The number of hydrogen-bond donors (Lipinski definition) is 1. The lowest BCUT2D eigenvalue weighted by Crippen LogP contribution is -2.53. The van der Waals surface area contributed by atoms with Crippen LogP contribution in [0.5, 0.6) is 0 Å². The van der Waals surface area contributed by atoms with Crippen molar-refractivity contribution in [2.24, 2.45) is 5.41 Å². The molecule has 2 amide bonds. The monoisotopic (exact) mass is 362 g/mol. The fourth-order valence-electron chi connectivity index (χ4n) is 3.02. The van der Waals surface area contributed by atoms with E-state index in [0.29, 0.717) is 11.3 Å². The normalized spacial score (nSPS) is 21.9. The molecule has 0 spiro atoms. The SMILES string of the molecule is CC[C@@H](C)NC(=O)[C@H]1CS[C@H](C(C)(C)C)N1C(=O)c1ccccc1C. The van der Waals surface area contributed by atoms with Gasteiger partial charge in [-0.2, -0.15) is 0 Å². The Morgan fingerprint density at radius 1 is 1.32 bits per heavy atom. The van der Waals surface area contributed by atoms with Crippen LogP contribution in [0.3, 0.4) is 0 Å². The minimum absolute atomic E-state index is 0.0210. The summed E-state index contributed by atoms with van der Waals surface area (Å²) in [7, 11) is 0. The summed E-state index contributed by atoms with van der Waals surface area (Å²) in [5, 5.41) is 3.03. The zero-order valence-electron chi connectivity index (χ0n) is 16.1. The molecule has 0 saturated carbocycles. The number of thioether (sulfide) groups is 1. The Bertz CT molecular complexity index is 639. The van der Waals surface area contributed by atoms with E-state index in [9.17, 15) is 9.59 Å². The van der Waals surface area contributed by atoms with E-state index in [4.69, 9.17) is 0 Å². The molecular formula is C20H30N2O2S. The van der Waals surface area contributed by atoms with Crippen molar-refractivity contribution in [2.45, 2.75) is 65.4 Å². The predicted molar refractivity (Wildman–Crippen MR) is 105 cm³/mol. The van der Waals surface area contributed by atoms with Gasteiger partial charge in [-0.15, -0.1) is 11.8 Å². The molecule has 4 nitrogen and oxygen atoms in total. The Balaban J connectivity index is 2.36. The van der Waals surface area contributed by atoms with Gasteiger partial charge in [0, 0.05) is 17.4 Å². The molecule has 1 aromatic rings.